The lowest BCUT2D eigenvalue weighted by molar-refractivity contribution is -0.128. The van der Waals surface area contributed by atoms with Gasteiger partial charge in [0.15, 0.2) is 0 Å². The molecule has 5 heteroatoms. The quantitative estimate of drug-likeness (QED) is 0.914. The van der Waals surface area contributed by atoms with Crippen LogP contribution in [0.5, 0.6) is 5.75 Å². The second kappa shape index (κ2) is 6.98. The molecule has 0 saturated carbocycles. The summed E-state index contributed by atoms with van der Waals surface area (Å²) in [5.41, 5.74) is 3.17. The number of hydrogen-bond acceptors (Lipinski definition) is 3. The van der Waals surface area contributed by atoms with Crippen LogP contribution in [-0.4, -0.2) is 29.4 Å². The fourth-order valence-electron chi connectivity index (χ4n) is 3.47. The van der Waals surface area contributed by atoms with Gasteiger partial charge in [-0.15, -0.1) is 0 Å². The van der Waals surface area contributed by atoms with E-state index in [0.717, 1.165) is 35.4 Å². The van der Waals surface area contributed by atoms with Gasteiger partial charge in [-0.25, -0.2) is 0 Å². The number of ether oxygens (including phenoxy) is 1. The standard InChI is InChI=1S/C21H26N2O3/c1-21(2,3)17-12-16(15-7-5-9-22-20(15)25)14(11-18(17)26-4)13-23-10-6-8-19(23)24/h5,7,9,11-12H,6,8,10,13H2,1-4H3,(H,22,25). The number of rotatable bonds is 4. The van der Waals surface area contributed by atoms with E-state index >= 15 is 0 Å². The van der Waals surface area contributed by atoms with Crippen molar-refractivity contribution in [3.05, 3.63) is 51.9 Å². The molecule has 0 bridgehead atoms. The highest BCUT2D eigenvalue weighted by Gasteiger charge is 2.26. The second-order valence-corrected chi connectivity index (χ2v) is 7.79. The number of hydrogen-bond donors (Lipinski definition) is 1. The summed E-state index contributed by atoms with van der Waals surface area (Å²) < 4.78 is 5.64. The Labute approximate surface area is 154 Å². The van der Waals surface area contributed by atoms with E-state index in [1.807, 2.05) is 29.2 Å². The molecule has 3 rings (SSSR count). The lowest BCUT2D eigenvalue weighted by atomic mass is 9.83. The maximum Gasteiger partial charge on any atom is 0.255 e. The number of methoxy groups -OCH3 is 1. The Morgan fingerprint density at radius 1 is 1.19 bits per heavy atom. The van der Waals surface area contributed by atoms with E-state index in [-0.39, 0.29) is 16.9 Å². The van der Waals surface area contributed by atoms with E-state index in [2.05, 4.69) is 25.8 Å². The molecule has 1 saturated heterocycles. The number of pyridine rings is 1. The molecule has 0 radical (unpaired) electrons. The predicted octanol–water partition coefficient (Wildman–Crippen LogP) is 3.47. The van der Waals surface area contributed by atoms with Gasteiger partial charge in [-0.2, -0.15) is 0 Å². The molecule has 138 valence electrons. The van der Waals surface area contributed by atoms with E-state index in [9.17, 15) is 9.59 Å². The van der Waals surface area contributed by atoms with Gasteiger partial charge in [0.05, 0.1) is 7.11 Å². The maximum absolute atomic E-state index is 12.4. The van der Waals surface area contributed by atoms with Crippen molar-refractivity contribution in [2.75, 3.05) is 13.7 Å². The van der Waals surface area contributed by atoms with Crippen molar-refractivity contribution < 1.29 is 9.53 Å². The summed E-state index contributed by atoms with van der Waals surface area (Å²) in [5, 5.41) is 0. The van der Waals surface area contributed by atoms with Crippen molar-refractivity contribution in [2.45, 2.75) is 45.6 Å². The van der Waals surface area contributed by atoms with Gasteiger partial charge in [0, 0.05) is 36.8 Å². The summed E-state index contributed by atoms with van der Waals surface area (Å²) in [5.74, 6) is 0.951. The first-order valence-corrected chi connectivity index (χ1v) is 8.98. The molecule has 0 atom stereocenters. The Morgan fingerprint density at radius 2 is 1.96 bits per heavy atom. The zero-order valence-corrected chi connectivity index (χ0v) is 15.9. The fourth-order valence-corrected chi connectivity index (χ4v) is 3.47. The van der Waals surface area contributed by atoms with Crippen molar-refractivity contribution in [1.29, 1.82) is 0 Å². The molecular weight excluding hydrogens is 328 g/mol. The predicted molar refractivity (Wildman–Crippen MR) is 102 cm³/mol. The topological polar surface area (TPSA) is 62.4 Å². The maximum atomic E-state index is 12.4. The van der Waals surface area contributed by atoms with Gasteiger partial charge in [0.25, 0.3) is 5.56 Å². The van der Waals surface area contributed by atoms with Crippen LogP contribution in [0.3, 0.4) is 0 Å². The van der Waals surface area contributed by atoms with Crippen LogP contribution in [0.2, 0.25) is 0 Å². The number of aromatic amines is 1. The first kappa shape index (κ1) is 18.2. The zero-order chi connectivity index (χ0) is 18.9. The molecule has 2 heterocycles. The molecule has 5 nitrogen and oxygen atoms in total. The number of carbonyl (C=O) groups is 1. The van der Waals surface area contributed by atoms with Gasteiger partial charge in [-0.3, -0.25) is 9.59 Å². The van der Waals surface area contributed by atoms with Gasteiger partial charge in [0.1, 0.15) is 5.75 Å². The molecular formula is C21H26N2O3. The summed E-state index contributed by atoms with van der Waals surface area (Å²) in [6.07, 6.45) is 3.11. The zero-order valence-electron chi connectivity index (χ0n) is 15.9. The third-order valence-electron chi connectivity index (χ3n) is 4.87. The molecule has 1 aromatic heterocycles. The van der Waals surface area contributed by atoms with Crippen LogP contribution in [0.15, 0.2) is 35.3 Å². The Hall–Kier alpha value is -2.56. The van der Waals surface area contributed by atoms with Crippen LogP contribution in [0.1, 0.15) is 44.7 Å². The average molecular weight is 354 g/mol. The second-order valence-electron chi connectivity index (χ2n) is 7.79. The third kappa shape index (κ3) is 3.52. The Bertz CT molecular complexity index is 878. The molecule has 26 heavy (non-hydrogen) atoms. The number of likely N-dealkylation sites (tertiary alicyclic amines) is 1. The van der Waals surface area contributed by atoms with E-state index in [4.69, 9.17) is 4.74 Å². The number of amides is 1. The Morgan fingerprint density at radius 3 is 2.54 bits per heavy atom. The number of nitrogens with one attached hydrogen (secondary N) is 1. The van der Waals surface area contributed by atoms with Crippen molar-refractivity contribution in [3.63, 3.8) is 0 Å². The summed E-state index contributed by atoms with van der Waals surface area (Å²) in [6.45, 7) is 7.60. The molecule has 1 amide bonds. The van der Waals surface area contributed by atoms with Crippen LogP contribution in [0.4, 0.5) is 0 Å². The molecule has 0 aliphatic carbocycles. The van der Waals surface area contributed by atoms with Gasteiger partial charge in [-0.1, -0.05) is 20.8 Å². The SMILES string of the molecule is COc1cc(CN2CCCC2=O)c(-c2ccc[nH]c2=O)cc1C(C)(C)C. The normalized spacial score (nSPS) is 14.8. The number of benzene rings is 1. The smallest absolute Gasteiger partial charge is 0.255 e. The molecule has 1 aliphatic rings. The molecule has 1 fully saturated rings. The van der Waals surface area contributed by atoms with Gasteiger partial charge >= 0.3 is 0 Å². The number of H-pyrrole nitrogens is 1. The van der Waals surface area contributed by atoms with Crippen LogP contribution >= 0.6 is 0 Å². The highest BCUT2D eigenvalue weighted by molar-refractivity contribution is 5.79. The van der Waals surface area contributed by atoms with E-state index in [1.165, 1.54) is 0 Å². The number of nitrogens with zero attached hydrogens (tertiary/aromatic N) is 1. The Balaban J connectivity index is 2.19. The molecule has 1 N–H and O–H groups in total. The molecule has 0 spiro atoms. The van der Waals surface area contributed by atoms with E-state index in [0.29, 0.717) is 18.5 Å². The largest absolute Gasteiger partial charge is 0.496 e. The van der Waals surface area contributed by atoms with Crippen LogP contribution in [-0.2, 0) is 16.8 Å². The minimum atomic E-state index is -0.135. The highest BCUT2D eigenvalue weighted by atomic mass is 16.5. The van der Waals surface area contributed by atoms with Crippen molar-refractivity contribution >= 4 is 5.91 Å². The van der Waals surface area contributed by atoms with Gasteiger partial charge in [-0.05, 0) is 47.2 Å². The summed E-state index contributed by atoms with van der Waals surface area (Å²) >= 11 is 0. The highest BCUT2D eigenvalue weighted by Crippen LogP contribution is 2.37. The van der Waals surface area contributed by atoms with Crippen LogP contribution < -0.4 is 10.3 Å². The van der Waals surface area contributed by atoms with Crippen LogP contribution in [0.25, 0.3) is 11.1 Å². The minimum Gasteiger partial charge on any atom is -0.496 e. The first-order chi connectivity index (χ1) is 12.3. The number of carbonyl (C=O) groups excluding carboxylic acids is 1. The van der Waals surface area contributed by atoms with Crippen molar-refractivity contribution in [2.24, 2.45) is 0 Å². The average Bonchev–Trinajstić information content (AvgIpc) is 2.99. The summed E-state index contributed by atoms with van der Waals surface area (Å²) in [6, 6.07) is 7.66. The van der Waals surface area contributed by atoms with E-state index < -0.39 is 0 Å². The minimum absolute atomic E-state index is 0.133. The fraction of sp³-hybridized carbons (Fsp3) is 0.429. The summed E-state index contributed by atoms with van der Waals surface area (Å²) in [4.78, 5) is 29.1. The molecule has 2 aromatic rings. The lowest BCUT2D eigenvalue weighted by Crippen LogP contribution is -2.25. The lowest BCUT2D eigenvalue weighted by Gasteiger charge is -2.26. The van der Waals surface area contributed by atoms with Crippen molar-refractivity contribution in [3.8, 4) is 16.9 Å². The Kier molecular flexibility index (Phi) is 4.90. The van der Waals surface area contributed by atoms with E-state index in [1.54, 1.807) is 13.3 Å². The molecule has 1 aromatic carbocycles. The number of aromatic nitrogens is 1. The molecule has 0 unspecified atom stereocenters. The van der Waals surface area contributed by atoms with Gasteiger partial charge < -0.3 is 14.6 Å². The third-order valence-corrected chi connectivity index (χ3v) is 4.87. The monoisotopic (exact) mass is 354 g/mol. The van der Waals surface area contributed by atoms with Gasteiger partial charge in [0.2, 0.25) is 5.91 Å². The summed E-state index contributed by atoms with van der Waals surface area (Å²) in [7, 11) is 1.66. The first-order valence-electron chi connectivity index (χ1n) is 8.98. The molecule has 1 aliphatic heterocycles. The van der Waals surface area contributed by atoms with Crippen LogP contribution in [0, 0.1) is 0 Å². The van der Waals surface area contributed by atoms with Crippen molar-refractivity contribution in [1.82, 2.24) is 9.88 Å².